The van der Waals surface area contributed by atoms with Gasteiger partial charge in [-0.1, -0.05) is 16.9 Å². The van der Waals surface area contributed by atoms with E-state index in [0.717, 1.165) is 5.69 Å². The van der Waals surface area contributed by atoms with Crippen LogP contribution in [0.15, 0.2) is 18.3 Å². The third-order valence-electron chi connectivity index (χ3n) is 1.83. The normalized spacial score (nSPS) is 11.7. The highest BCUT2D eigenvalue weighted by Crippen LogP contribution is 2.37. The smallest absolute Gasteiger partial charge is 0.0468 e. The number of thiol groups is 1. The Balaban J connectivity index is 2.96. The van der Waals surface area contributed by atoms with Gasteiger partial charge in [0.05, 0.1) is 0 Å². The first-order valence-electron chi connectivity index (χ1n) is 3.82. The summed E-state index contributed by atoms with van der Waals surface area (Å²) in [5.74, 6) is 0. The molecule has 0 saturated heterocycles. The van der Waals surface area contributed by atoms with E-state index in [9.17, 15) is 0 Å². The first-order valence-corrected chi connectivity index (χ1v) is 5.69. The summed E-state index contributed by atoms with van der Waals surface area (Å²) in [5, 5.41) is 0. The molecule has 0 N–H and O–H groups in total. The fraction of sp³-hybridized carbons (Fsp3) is 0.444. The Labute approximate surface area is 82.8 Å². The van der Waals surface area contributed by atoms with E-state index in [0.29, 0.717) is 0 Å². The molecule has 0 atom stereocenters. The van der Waals surface area contributed by atoms with Crippen molar-refractivity contribution in [2.75, 3.05) is 0 Å². The Morgan fingerprint density at radius 3 is 2.50 bits per heavy atom. The number of hydrogen-bond donors (Lipinski definition) is 1. The Morgan fingerprint density at radius 2 is 2.08 bits per heavy atom. The zero-order valence-electron chi connectivity index (χ0n) is 7.53. The molecule has 0 bridgehead atoms. The van der Waals surface area contributed by atoms with Gasteiger partial charge in [-0.05, 0) is 32.4 Å². The van der Waals surface area contributed by atoms with Crippen molar-refractivity contribution in [3.05, 3.63) is 29.6 Å². The van der Waals surface area contributed by atoms with E-state index in [2.05, 4.69) is 36.6 Å². The van der Waals surface area contributed by atoms with E-state index in [1.54, 1.807) is 10.8 Å². The van der Waals surface area contributed by atoms with Crippen LogP contribution >= 0.6 is 22.5 Å². The van der Waals surface area contributed by atoms with E-state index < -0.39 is 0 Å². The van der Waals surface area contributed by atoms with Crippen molar-refractivity contribution in [1.82, 2.24) is 4.98 Å². The van der Waals surface area contributed by atoms with Crippen molar-refractivity contribution < 1.29 is 0 Å². The largest absolute Gasteiger partial charge is 0.261 e. The molecule has 0 amide bonds. The summed E-state index contributed by atoms with van der Waals surface area (Å²) in [6.07, 6.45) is 1.92. The average molecular weight is 199 g/mol. The predicted octanol–water partition coefficient (Wildman–Crippen LogP) is 3.20. The summed E-state index contributed by atoms with van der Waals surface area (Å²) in [6.45, 7) is 6.26. The lowest BCUT2D eigenvalue weighted by Crippen LogP contribution is -2.10. The quantitative estimate of drug-likeness (QED) is 0.580. The molecule has 1 rings (SSSR count). The number of aromatic nitrogens is 1. The molecule has 0 fully saturated rings. The van der Waals surface area contributed by atoms with Gasteiger partial charge in [0.15, 0.2) is 0 Å². The SMILES string of the molecule is Cc1ccc(C(C)(C)SS)cn1. The second-order valence-corrected chi connectivity index (χ2v) is 5.04. The van der Waals surface area contributed by atoms with Crippen molar-refractivity contribution >= 4 is 22.5 Å². The van der Waals surface area contributed by atoms with E-state index >= 15 is 0 Å². The van der Waals surface area contributed by atoms with Crippen molar-refractivity contribution in [2.24, 2.45) is 0 Å². The molecule has 66 valence electrons. The molecular formula is C9H13NS2. The number of rotatable bonds is 2. The molecular weight excluding hydrogens is 186 g/mol. The third-order valence-corrected chi connectivity index (χ3v) is 3.90. The highest BCUT2D eigenvalue weighted by atomic mass is 33.1. The van der Waals surface area contributed by atoms with Gasteiger partial charge in [0.2, 0.25) is 0 Å². The molecule has 0 aromatic carbocycles. The minimum Gasteiger partial charge on any atom is -0.261 e. The number of hydrogen-bond acceptors (Lipinski definition) is 3. The van der Waals surface area contributed by atoms with Crippen molar-refractivity contribution in [3.8, 4) is 0 Å². The summed E-state index contributed by atoms with van der Waals surface area (Å²) < 4.78 is 0.0454. The van der Waals surface area contributed by atoms with Gasteiger partial charge in [-0.15, -0.1) is 11.7 Å². The zero-order chi connectivity index (χ0) is 9.19. The Bertz CT molecular complexity index is 254. The molecule has 1 aromatic heterocycles. The topological polar surface area (TPSA) is 12.9 Å². The molecule has 1 heterocycles. The van der Waals surface area contributed by atoms with Crippen LogP contribution in [0.1, 0.15) is 25.1 Å². The van der Waals surface area contributed by atoms with Gasteiger partial charge in [0.25, 0.3) is 0 Å². The van der Waals surface area contributed by atoms with Gasteiger partial charge in [-0.3, -0.25) is 4.98 Å². The number of nitrogens with zero attached hydrogens (tertiary/aromatic N) is 1. The molecule has 0 aliphatic rings. The van der Waals surface area contributed by atoms with Crippen molar-refractivity contribution in [3.63, 3.8) is 0 Å². The maximum absolute atomic E-state index is 4.25. The van der Waals surface area contributed by atoms with Crippen molar-refractivity contribution in [2.45, 2.75) is 25.5 Å². The van der Waals surface area contributed by atoms with Crippen LogP contribution in [0.25, 0.3) is 0 Å². The molecule has 0 spiro atoms. The summed E-state index contributed by atoms with van der Waals surface area (Å²) in [7, 11) is 1.54. The monoisotopic (exact) mass is 199 g/mol. The highest BCUT2D eigenvalue weighted by Gasteiger charge is 2.19. The first-order chi connectivity index (χ1) is 5.56. The summed E-state index contributed by atoms with van der Waals surface area (Å²) in [5.41, 5.74) is 2.27. The molecule has 0 unspecified atom stereocenters. The fourth-order valence-corrected chi connectivity index (χ4v) is 1.42. The van der Waals surface area contributed by atoms with Gasteiger partial charge in [-0.2, -0.15) is 0 Å². The molecule has 0 saturated carbocycles. The summed E-state index contributed by atoms with van der Waals surface area (Å²) in [4.78, 5) is 4.25. The Kier molecular flexibility index (Phi) is 3.07. The van der Waals surface area contributed by atoms with Gasteiger partial charge in [-0.25, -0.2) is 0 Å². The van der Waals surface area contributed by atoms with E-state index in [-0.39, 0.29) is 4.75 Å². The van der Waals surface area contributed by atoms with Crippen LogP contribution in [0.5, 0.6) is 0 Å². The molecule has 0 aliphatic carbocycles. The van der Waals surface area contributed by atoms with E-state index in [1.807, 2.05) is 19.2 Å². The Morgan fingerprint density at radius 1 is 1.42 bits per heavy atom. The molecule has 1 nitrogen and oxygen atoms in total. The maximum atomic E-state index is 4.25. The second kappa shape index (κ2) is 3.71. The molecule has 3 heteroatoms. The molecule has 0 aliphatic heterocycles. The van der Waals surface area contributed by atoms with Crippen LogP contribution in [-0.2, 0) is 4.75 Å². The standard InChI is InChI=1S/C9H13NS2/c1-7-4-5-8(6-10-7)9(2,3)12-11/h4-6,11H,1-3H3. The zero-order valence-corrected chi connectivity index (χ0v) is 9.25. The Hall–Kier alpha value is -0.150. The van der Waals surface area contributed by atoms with Gasteiger partial charge in [0.1, 0.15) is 0 Å². The van der Waals surface area contributed by atoms with E-state index in [1.165, 1.54) is 5.56 Å². The van der Waals surface area contributed by atoms with Crippen molar-refractivity contribution in [1.29, 1.82) is 0 Å². The lowest BCUT2D eigenvalue weighted by molar-refractivity contribution is 0.782. The van der Waals surface area contributed by atoms with Gasteiger partial charge in [0, 0.05) is 16.6 Å². The molecule has 1 aromatic rings. The van der Waals surface area contributed by atoms with Crippen LogP contribution in [0.2, 0.25) is 0 Å². The fourth-order valence-electron chi connectivity index (χ4n) is 0.877. The van der Waals surface area contributed by atoms with Crippen LogP contribution in [0.4, 0.5) is 0 Å². The van der Waals surface area contributed by atoms with Crippen LogP contribution in [-0.4, -0.2) is 4.98 Å². The first kappa shape index (κ1) is 9.93. The molecule has 12 heavy (non-hydrogen) atoms. The van der Waals surface area contributed by atoms with E-state index in [4.69, 9.17) is 0 Å². The third kappa shape index (κ3) is 2.17. The summed E-state index contributed by atoms with van der Waals surface area (Å²) >= 11 is 4.23. The van der Waals surface area contributed by atoms with Gasteiger partial charge < -0.3 is 0 Å². The predicted molar refractivity (Wildman–Crippen MR) is 58.6 cm³/mol. The number of aryl methyl sites for hydroxylation is 1. The van der Waals surface area contributed by atoms with Crippen LogP contribution in [0, 0.1) is 6.92 Å². The minimum absolute atomic E-state index is 0.0454. The van der Waals surface area contributed by atoms with Gasteiger partial charge >= 0.3 is 0 Å². The maximum Gasteiger partial charge on any atom is 0.0468 e. The summed E-state index contributed by atoms with van der Waals surface area (Å²) in [6, 6.07) is 4.13. The molecule has 0 radical (unpaired) electrons. The minimum atomic E-state index is 0.0454. The lowest BCUT2D eigenvalue weighted by atomic mass is 10.0. The van der Waals surface area contributed by atoms with Crippen LogP contribution in [0.3, 0.4) is 0 Å². The number of pyridine rings is 1. The van der Waals surface area contributed by atoms with Crippen LogP contribution < -0.4 is 0 Å². The average Bonchev–Trinajstić information content (AvgIpc) is 2.05. The second-order valence-electron chi connectivity index (χ2n) is 3.29. The highest BCUT2D eigenvalue weighted by molar-refractivity contribution is 8.68. The lowest BCUT2D eigenvalue weighted by Gasteiger charge is -2.20.